The van der Waals surface area contributed by atoms with E-state index in [1.807, 2.05) is 13.0 Å². The second kappa shape index (κ2) is 9.40. The Morgan fingerprint density at radius 3 is 2.65 bits per heavy atom. The van der Waals surface area contributed by atoms with Gasteiger partial charge in [0.25, 0.3) is 5.91 Å². The number of nitrogens with zero attached hydrogens (tertiary/aromatic N) is 1. The van der Waals surface area contributed by atoms with Crippen molar-refractivity contribution in [3.05, 3.63) is 67.7 Å². The van der Waals surface area contributed by atoms with E-state index in [1.54, 1.807) is 37.3 Å². The quantitative estimate of drug-likeness (QED) is 0.267. The van der Waals surface area contributed by atoms with Gasteiger partial charge in [-0.3, -0.25) is 4.79 Å². The van der Waals surface area contributed by atoms with E-state index in [0.717, 1.165) is 4.88 Å². The second-order valence-electron chi connectivity index (χ2n) is 6.43. The summed E-state index contributed by atoms with van der Waals surface area (Å²) < 4.78 is 10.5. The van der Waals surface area contributed by atoms with E-state index in [1.165, 1.54) is 24.5 Å². The lowest BCUT2D eigenvalue weighted by molar-refractivity contribution is -0.112. The number of hydrogen-bond donors (Lipinski definition) is 1. The molecule has 1 aromatic carbocycles. The first kappa shape index (κ1) is 22.6. The number of carbonyl (C=O) groups is 2. The molecule has 3 aromatic rings. The second-order valence-corrected chi connectivity index (χ2v) is 8.50. The van der Waals surface area contributed by atoms with E-state index in [2.05, 4.69) is 5.32 Å². The summed E-state index contributed by atoms with van der Waals surface area (Å²) in [4.78, 5) is 25.6. The van der Waals surface area contributed by atoms with Crippen LogP contribution >= 0.6 is 34.5 Å². The molecule has 0 fully saturated rings. The average Bonchev–Trinajstić information content (AvgIpc) is 3.31. The largest absolute Gasteiger partial charge is 0.465 e. The molecule has 6 nitrogen and oxygen atoms in total. The Morgan fingerprint density at radius 2 is 1.97 bits per heavy atom. The van der Waals surface area contributed by atoms with E-state index in [9.17, 15) is 14.9 Å². The summed E-state index contributed by atoms with van der Waals surface area (Å²) in [5, 5.41) is 13.4. The molecule has 0 spiro atoms. The van der Waals surface area contributed by atoms with Crippen LogP contribution < -0.4 is 5.32 Å². The van der Waals surface area contributed by atoms with Crippen molar-refractivity contribution in [3.63, 3.8) is 0 Å². The molecule has 0 radical (unpaired) electrons. The maximum absolute atomic E-state index is 12.7. The lowest BCUT2D eigenvalue weighted by Gasteiger charge is -2.05. The molecule has 2 heterocycles. The van der Waals surface area contributed by atoms with Crippen molar-refractivity contribution in [2.75, 3.05) is 12.4 Å². The summed E-state index contributed by atoms with van der Waals surface area (Å²) in [6.45, 7) is 3.59. The number of hydrogen-bond acceptors (Lipinski definition) is 6. The monoisotopic (exact) mass is 474 g/mol. The number of carbonyl (C=O) groups excluding carboxylic acids is 2. The van der Waals surface area contributed by atoms with Crippen LogP contribution in [0.1, 0.15) is 26.6 Å². The Hall–Kier alpha value is -3.05. The molecule has 1 N–H and O–H groups in total. The summed E-state index contributed by atoms with van der Waals surface area (Å²) in [5.41, 5.74) is 1.37. The van der Waals surface area contributed by atoms with Gasteiger partial charge in [-0.25, -0.2) is 4.79 Å². The van der Waals surface area contributed by atoms with E-state index in [0.29, 0.717) is 31.9 Å². The molecule has 9 heteroatoms. The smallest absolute Gasteiger partial charge is 0.341 e. The summed E-state index contributed by atoms with van der Waals surface area (Å²) in [6, 6.07) is 10.1. The van der Waals surface area contributed by atoms with Crippen LogP contribution in [0.2, 0.25) is 10.0 Å². The van der Waals surface area contributed by atoms with Gasteiger partial charge in [0, 0.05) is 21.5 Å². The molecule has 158 valence electrons. The highest BCUT2D eigenvalue weighted by Crippen LogP contribution is 2.34. The molecule has 31 heavy (non-hydrogen) atoms. The van der Waals surface area contributed by atoms with Gasteiger partial charge in [0.15, 0.2) is 0 Å². The van der Waals surface area contributed by atoms with Crippen LogP contribution in [0.25, 0.3) is 17.4 Å². The zero-order valence-corrected chi connectivity index (χ0v) is 19.0. The number of rotatable bonds is 5. The van der Waals surface area contributed by atoms with Crippen LogP contribution in [-0.2, 0) is 9.53 Å². The van der Waals surface area contributed by atoms with Crippen molar-refractivity contribution >= 4 is 57.5 Å². The van der Waals surface area contributed by atoms with Crippen molar-refractivity contribution in [2.24, 2.45) is 0 Å². The first-order valence-electron chi connectivity index (χ1n) is 8.91. The van der Waals surface area contributed by atoms with Crippen molar-refractivity contribution in [3.8, 4) is 17.4 Å². The molecule has 0 unspecified atom stereocenters. The van der Waals surface area contributed by atoms with Crippen molar-refractivity contribution in [1.82, 2.24) is 0 Å². The number of aryl methyl sites for hydroxylation is 1. The van der Waals surface area contributed by atoms with Gasteiger partial charge in [-0.15, -0.1) is 11.3 Å². The fourth-order valence-electron chi connectivity index (χ4n) is 2.79. The first-order chi connectivity index (χ1) is 14.7. The van der Waals surface area contributed by atoms with E-state index < -0.39 is 11.9 Å². The predicted octanol–water partition coefficient (Wildman–Crippen LogP) is 6.26. The van der Waals surface area contributed by atoms with Crippen molar-refractivity contribution in [2.45, 2.75) is 13.8 Å². The highest BCUT2D eigenvalue weighted by atomic mass is 35.5. The molecule has 0 aliphatic carbocycles. The Bertz CT molecular complexity index is 1250. The third-order valence-electron chi connectivity index (χ3n) is 4.47. The topological polar surface area (TPSA) is 92.3 Å². The van der Waals surface area contributed by atoms with Gasteiger partial charge < -0.3 is 14.5 Å². The van der Waals surface area contributed by atoms with E-state index >= 15 is 0 Å². The molecular formula is C22H16Cl2N2O4S. The van der Waals surface area contributed by atoms with Gasteiger partial charge in [-0.05, 0) is 49.7 Å². The number of esters is 1. The molecule has 0 aliphatic rings. The van der Waals surface area contributed by atoms with Crippen LogP contribution in [0.4, 0.5) is 5.00 Å². The lowest BCUT2D eigenvalue weighted by atomic mass is 10.1. The summed E-state index contributed by atoms with van der Waals surface area (Å²) in [6.07, 6.45) is 1.31. The number of methoxy groups -OCH3 is 1. The zero-order valence-electron chi connectivity index (χ0n) is 16.7. The number of benzene rings is 1. The van der Waals surface area contributed by atoms with Crippen LogP contribution in [0.15, 0.2) is 40.3 Å². The first-order valence-corrected chi connectivity index (χ1v) is 10.5. The molecule has 0 bridgehead atoms. The lowest BCUT2D eigenvalue weighted by Crippen LogP contribution is -2.15. The maximum Gasteiger partial charge on any atom is 0.341 e. The molecule has 0 aliphatic heterocycles. The minimum atomic E-state index is -0.673. The summed E-state index contributed by atoms with van der Waals surface area (Å²) >= 11 is 13.4. The third-order valence-corrected chi connectivity index (χ3v) is 6.16. The number of nitriles is 1. The number of thiophene rings is 1. The predicted molar refractivity (Wildman–Crippen MR) is 122 cm³/mol. The molecular weight excluding hydrogens is 459 g/mol. The van der Waals surface area contributed by atoms with Gasteiger partial charge >= 0.3 is 5.97 Å². The Balaban J connectivity index is 1.88. The summed E-state index contributed by atoms with van der Waals surface area (Å²) in [7, 11) is 1.27. The highest BCUT2D eigenvalue weighted by Gasteiger charge is 2.23. The minimum Gasteiger partial charge on any atom is -0.465 e. The normalized spacial score (nSPS) is 11.2. The Kier molecular flexibility index (Phi) is 6.86. The van der Waals surface area contributed by atoms with Crippen LogP contribution in [-0.4, -0.2) is 19.0 Å². The van der Waals surface area contributed by atoms with Gasteiger partial charge in [-0.1, -0.05) is 23.2 Å². The number of nitrogens with one attached hydrogen (secondary N) is 1. The van der Waals surface area contributed by atoms with E-state index in [4.69, 9.17) is 32.4 Å². The molecule has 0 saturated heterocycles. The van der Waals surface area contributed by atoms with Gasteiger partial charge in [-0.2, -0.15) is 5.26 Å². The Morgan fingerprint density at radius 1 is 1.23 bits per heavy atom. The molecule has 0 saturated carbocycles. The number of amides is 1. The van der Waals surface area contributed by atoms with Crippen molar-refractivity contribution in [1.29, 1.82) is 5.26 Å². The Labute approximate surface area is 192 Å². The standard InChI is InChI=1S/C22H16Cl2N2O4S/c1-11-12(2)31-21(19(11)22(28)29-3)26-20(27)13(10-25)8-15-5-7-18(30-15)16-9-14(23)4-6-17(16)24/h4-9H,1-3H3,(H,26,27)/b13-8+. The number of halogens is 2. The number of ether oxygens (including phenoxy) is 1. The van der Waals surface area contributed by atoms with Crippen LogP contribution in [0.3, 0.4) is 0 Å². The summed E-state index contributed by atoms with van der Waals surface area (Å²) in [5.74, 6) is -0.514. The fourth-order valence-corrected chi connectivity index (χ4v) is 4.21. The minimum absolute atomic E-state index is 0.197. The molecule has 2 aromatic heterocycles. The van der Waals surface area contributed by atoms with Gasteiger partial charge in [0.1, 0.15) is 28.2 Å². The number of furan rings is 1. The maximum atomic E-state index is 12.7. The van der Waals surface area contributed by atoms with E-state index in [-0.39, 0.29) is 16.9 Å². The molecule has 1 amide bonds. The molecule has 3 rings (SSSR count). The molecule has 0 atom stereocenters. The van der Waals surface area contributed by atoms with Crippen molar-refractivity contribution < 1.29 is 18.7 Å². The SMILES string of the molecule is COC(=O)c1c(NC(=O)/C(C#N)=C/c2ccc(-c3cc(Cl)ccc3Cl)o2)sc(C)c1C. The van der Waals surface area contributed by atoms with Crippen LogP contribution in [0.5, 0.6) is 0 Å². The third kappa shape index (κ3) is 4.83. The van der Waals surface area contributed by atoms with Gasteiger partial charge in [0.2, 0.25) is 0 Å². The highest BCUT2D eigenvalue weighted by molar-refractivity contribution is 7.16. The van der Waals surface area contributed by atoms with Crippen LogP contribution in [0, 0.1) is 25.2 Å². The van der Waals surface area contributed by atoms with Gasteiger partial charge in [0.05, 0.1) is 17.7 Å². The fraction of sp³-hybridized carbons (Fsp3) is 0.136. The number of anilines is 1. The zero-order chi connectivity index (χ0) is 22.7. The average molecular weight is 475 g/mol.